The summed E-state index contributed by atoms with van der Waals surface area (Å²) in [4.78, 5) is 13.4. The van der Waals surface area contributed by atoms with Gasteiger partial charge in [0.05, 0.1) is 6.54 Å². The number of nitrogens with zero attached hydrogens (tertiary/aromatic N) is 2. The Bertz CT molecular complexity index is 552. The van der Waals surface area contributed by atoms with Crippen LogP contribution in [0.5, 0.6) is 0 Å². The van der Waals surface area contributed by atoms with Crippen LogP contribution in [0.1, 0.15) is 29.8 Å². The zero-order chi connectivity index (χ0) is 16.2. The fraction of sp³-hybridized carbons (Fsp3) is 0.600. The number of fused-ring (bicyclic) bond motifs is 1. The van der Waals surface area contributed by atoms with Crippen LogP contribution < -0.4 is 5.32 Å². The van der Waals surface area contributed by atoms with Crippen molar-refractivity contribution in [2.45, 2.75) is 31.6 Å². The minimum Gasteiger partial charge on any atom is -0.346 e. The maximum absolute atomic E-state index is 14.3. The first-order valence-electron chi connectivity index (χ1n) is 7.43. The van der Waals surface area contributed by atoms with Gasteiger partial charge in [0.2, 0.25) is 5.91 Å². The Morgan fingerprint density at radius 3 is 2.86 bits per heavy atom. The van der Waals surface area contributed by atoms with Crippen LogP contribution in [0.3, 0.4) is 0 Å². The lowest BCUT2D eigenvalue weighted by Gasteiger charge is -2.18. The van der Waals surface area contributed by atoms with Crippen LogP contribution in [0.15, 0.2) is 12.2 Å². The zero-order valence-corrected chi connectivity index (χ0v) is 13.0. The summed E-state index contributed by atoms with van der Waals surface area (Å²) in [7, 11) is 3.72. The SMILES string of the molecule is CN(C)C/C=C/C(=O)NCC(F)(F)c1n[nH]c2c1CCCC2. The molecule has 7 heteroatoms. The number of amides is 1. The fourth-order valence-electron chi connectivity index (χ4n) is 2.49. The van der Waals surface area contributed by atoms with Crippen LogP contribution in [0.4, 0.5) is 8.78 Å². The molecule has 1 aliphatic rings. The summed E-state index contributed by atoms with van der Waals surface area (Å²) in [6.07, 6.45) is 6.17. The molecular weight excluding hydrogens is 290 g/mol. The highest BCUT2D eigenvalue weighted by Crippen LogP contribution is 2.33. The summed E-state index contributed by atoms with van der Waals surface area (Å²) in [5.41, 5.74) is 1.20. The van der Waals surface area contributed by atoms with Crippen molar-refractivity contribution in [1.82, 2.24) is 20.4 Å². The van der Waals surface area contributed by atoms with Crippen LogP contribution in [-0.4, -0.2) is 48.2 Å². The molecule has 0 unspecified atom stereocenters. The maximum atomic E-state index is 14.3. The highest BCUT2D eigenvalue weighted by Gasteiger charge is 2.38. The van der Waals surface area contributed by atoms with Crippen LogP contribution in [0.25, 0.3) is 0 Å². The molecule has 2 N–H and O–H groups in total. The summed E-state index contributed by atoms with van der Waals surface area (Å²) in [5.74, 6) is -3.68. The normalized spacial score (nSPS) is 15.3. The first-order chi connectivity index (χ1) is 10.4. The molecule has 5 nitrogen and oxygen atoms in total. The lowest BCUT2D eigenvalue weighted by atomic mass is 9.94. The first-order valence-corrected chi connectivity index (χ1v) is 7.43. The van der Waals surface area contributed by atoms with E-state index in [0.717, 1.165) is 25.0 Å². The van der Waals surface area contributed by atoms with Gasteiger partial charge in [0.25, 0.3) is 0 Å². The van der Waals surface area contributed by atoms with Crippen LogP contribution >= 0.6 is 0 Å². The van der Waals surface area contributed by atoms with Crippen LogP contribution in [0, 0.1) is 0 Å². The number of hydrogen-bond donors (Lipinski definition) is 2. The van der Waals surface area contributed by atoms with Crippen molar-refractivity contribution in [3.05, 3.63) is 29.1 Å². The summed E-state index contributed by atoms with van der Waals surface area (Å²) < 4.78 is 28.5. The van der Waals surface area contributed by atoms with Gasteiger partial charge in [-0.05, 0) is 39.8 Å². The second-order valence-electron chi connectivity index (χ2n) is 5.82. The molecule has 1 aliphatic carbocycles. The molecule has 0 fully saturated rings. The predicted molar refractivity (Wildman–Crippen MR) is 79.8 cm³/mol. The van der Waals surface area contributed by atoms with Gasteiger partial charge in [-0.1, -0.05) is 6.08 Å². The highest BCUT2D eigenvalue weighted by atomic mass is 19.3. The molecule has 122 valence electrons. The molecule has 0 saturated heterocycles. The molecular formula is C15H22F2N4O. The van der Waals surface area contributed by atoms with Gasteiger partial charge in [-0.2, -0.15) is 13.9 Å². The Hall–Kier alpha value is -1.76. The zero-order valence-electron chi connectivity index (χ0n) is 13.0. The number of H-pyrrole nitrogens is 1. The molecule has 1 aromatic rings. The lowest BCUT2D eigenvalue weighted by molar-refractivity contribution is -0.118. The van der Waals surface area contributed by atoms with Gasteiger partial charge in [-0.3, -0.25) is 9.89 Å². The van der Waals surface area contributed by atoms with Crippen molar-refractivity contribution in [2.24, 2.45) is 0 Å². The topological polar surface area (TPSA) is 61.0 Å². The maximum Gasteiger partial charge on any atom is 0.308 e. The third kappa shape index (κ3) is 4.13. The largest absolute Gasteiger partial charge is 0.346 e. The van der Waals surface area contributed by atoms with Crippen molar-refractivity contribution >= 4 is 5.91 Å². The van der Waals surface area contributed by atoms with E-state index >= 15 is 0 Å². The number of aryl methyl sites for hydroxylation is 1. The molecule has 1 amide bonds. The van der Waals surface area contributed by atoms with E-state index in [9.17, 15) is 13.6 Å². The van der Waals surface area contributed by atoms with Gasteiger partial charge < -0.3 is 10.2 Å². The number of aromatic amines is 1. The molecule has 0 spiro atoms. The summed E-state index contributed by atoms with van der Waals surface area (Å²) in [5, 5.41) is 8.73. The Kier molecular flexibility index (Phi) is 5.28. The molecule has 0 radical (unpaired) electrons. The van der Waals surface area contributed by atoms with Gasteiger partial charge in [-0.25, -0.2) is 0 Å². The minimum atomic E-state index is -3.16. The molecule has 1 aromatic heterocycles. The monoisotopic (exact) mass is 312 g/mol. The van der Waals surface area contributed by atoms with Gasteiger partial charge >= 0.3 is 5.92 Å². The van der Waals surface area contributed by atoms with Gasteiger partial charge in [0.1, 0.15) is 5.69 Å². The Balaban J connectivity index is 1.95. The lowest BCUT2D eigenvalue weighted by Crippen LogP contribution is -2.35. The van der Waals surface area contributed by atoms with Crippen LogP contribution in [0.2, 0.25) is 0 Å². The molecule has 22 heavy (non-hydrogen) atoms. The van der Waals surface area contributed by atoms with E-state index in [0.29, 0.717) is 18.5 Å². The number of aromatic nitrogens is 2. The molecule has 0 atom stereocenters. The van der Waals surface area contributed by atoms with E-state index in [-0.39, 0.29) is 5.69 Å². The summed E-state index contributed by atoms with van der Waals surface area (Å²) >= 11 is 0. The fourth-order valence-corrected chi connectivity index (χ4v) is 2.49. The Labute approximate surface area is 128 Å². The second kappa shape index (κ2) is 7.00. The van der Waals surface area contributed by atoms with Crippen LogP contribution in [-0.2, 0) is 23.6 Å². The number of halogens is 2. The standard InChI is InChI=1S/C15H22F2N4O/c1-21(2)9-5-8-13(22)18-10-15(16,17)14-11-6-3-4-7-12(11)19-20-14/h5,8H,3-4,6-7,9-10H2,1-2H3,(H,18,22)(H,19,20)/b8-5+. The second-order valence-corrected chi connectivity index (χ2v) is 5.82. The van der Waals surface area contributed by atoms with Crippen molar-refractivity contribution < 1.29 is 13.6 Å². The number of nitrogens with one attached hydrogen (secondary N) is 2. The average Bonchev–Trinajstić information content (AvgIpc) is 2.89. The molecule has 0 aliphatic heterocycles. The molecule has 2 rings (SSSR count). The van der Waals surface area contributed by atoms with E-state index in [1.54, 1.807) is 6.08 Å². The molecule has 0 aromatic carbocycles. The van der Waals surface area contributed by atoms with Crippen molar-refractivity contribution in [3.8, 4) is 0 Å². The molecule has 1 heterocycles. The highest BCUT2D eigenvalue weighted by molar-refractivity contribution is 5.87. The first kappa shape index (κ1) is 16.6. The average molecular weight is 312 g/mol. The third-order valence-electron chi connectivity index (χ3n) is 3.63. The van der Waals surface area contributed by atoms with Crippen molar-refractivity contribution in [1.29, 1.82) is 0 Å². The molecule has 0 saturated carbocycles. The van der Waals surface area contributed by atoms with E-state index in [1.807, 2.05) is 19.0 Å². The van der Waals surface area contributed by atoms with E-state index in [1.165, 1.54) is 6.08 Å². The summed E-state index contributed by atoms with van der Waals surface area (Å²) in [6, 6.07) is 0. The molecule has 0 bridgehead atoms. The number of hydrogen-bond acceptors (Lipinski definition) is 3. The van der Waals surface area contributed by atoms with Crippen molar-refractivity contribution in [3.63, 3.8) is 0 Å². The van der Waals surface area contributed by atoms with Gasteiger partial charge in [0.15, 0.2) is 0 Å². The third-order valence-corrected chi connectivity index (χ3v) is 3.63. The Morgan fingerprint density at radius 1 is 1.41 bits per heavy atom. The smallest absolute Gasteiger partial charge is 0.308 e. The van der Waals surface area contributed by atoms with E-state index < -0.39 is 18.4 Å². The summed E-state index contributed by atoms with van der Waals surface area (Å²) in [6.45, 7) is -0.161. The number of carbonyl (C=O) groups is 1. The number of alkyl halides is 2. The minimum absolute atomic E-state index is 0.222. The number of carbonyl (C=O) groups excluding carboxylic acids is 1. The predicted octanol–water partition coefficient (Wildman–Crippen LogP) is 1.61. The number of likely N-dealkylation sites (N-methyl/N-ethyl adjacent to an activating group) is 1. The van der Waals surface area contributed by atoms with Crippen molar-refractivity contribution in [2.75, 3.05) is 27.2 Å². The van der Waals surface area contributed by atoms with E-state index in [2.05, 4.69) is 15.5 Å². The Morgan fingerprint density at radius 2 is 2.14 bits per heavy atom. The number of rotatable bonds is 6. The van der Waals surface area contributed by atoms with Gasteiger partial charge in [0, 0.05) is 23.9 Å². The quantitative estimate of drug-likeness (QED) is 0.785. The van der Waals surface area contributed by atoms with Gasteiger partial charge in [-0.15, -0.1) is 0 Å². The van der Waals surface area contributed by atoms with E-state index in [4.69, 9.17) is 0 Å².